The van der Waals surface area contributed by atoms with Gasteiger partial charge in [-0.25, -0.2) is 4.79 Å². The zero-order valence-electron chi connectivity index (χ0n) is 16.1. The highest BCUT2D eigenvalue weighted by Crippen LogP contribution is 2.21. The van der Waals surface area contributed by atoms with Crippen LogP contribution in [0.2, 0.25) is 0 Å². The Balaban J connectivity index is 1.41. The molecule has 0 saturated carbocycles. The Kier molecular flexibility index (Phi) is 5.47. The number of nitro groups is 1. The van der Waals surface area contributed by atoms with Gasteiger partial charge in [-0.05, 0) is 24.3 Å². The Morgan fingerprint density at radius 1 is 1.23 bits per heavy atom. The minimum Gasteiger partial charge on any atom is -0.492 e. The number of ether oxygens (including phenoxy) is 1. The van der Waals surface area contributed by atoms with E-state index in [2.05, 4.69) is 10.4 Å². The molecule has 0 fully saturated rings. The Morgan fingerprint density at radius 2 is 2.10 bits per heavy atom. The number of non-ortho nitro benzene ring substituents is 1. The van der Waals surface area contributed by atoms with Crippen molar-refractivity contribution in [3.8, 4) is 5.75 Å². The van der Waals surface area contributed by atoms with Crippen LogP contribution in [0.25, 0.3) is 11.1 Å². The monoisotopic (exact) mass is 423 g/mol. The van der Waals surface area contributed by atoms with E-state index in [1.165, 1.54) is 12.1 Å². The van der Waals surface area contributed by atoms with Gasteiger partial charge in [0.1, 0.15) is 18.9 Å². The highest BCUT2D eigenvalue weighted by Gasteiger charge is 2.16. The molecule has 0 radical (unpaired) electrons. The standard InChI is InChI=1S/C20H17N5O6/c26-19(13-24-17-6-5-15(25(28)29)12-18(17)31-20(24)27)22-14-3-1-4-16(11-14)30-10-9-23-8-2-7-21-23/h1-8,11-12H,9-10,13H2,(H,22,26). The average molecular weight is 423 g/mol. The van der Waals surface area contributed by atoms with E-state index in [0.717, 1.165) is 10.6 Å². The van der Waals surface area contributed by atoms with Crippen LogP contribution in [0.3, 0.4) is 0 Å². The Labute approximate surface area is 174 Å². The number of carbonyl (C=O) groups excluding carboxylic acids is 1. The van der Waals surface area contributed by atoms with Gasteiger partial charge >= 0.3 is 5.76 Å². The number of rotatable bonds is 8. The summed E-state index contributed by atoms with van der Waals surface area (Å²) in [6.07, 6.45) is 3.52. The van der Waals surface area contributed by atoms with Crippen LogP contribution >= 0.6 is 0 Å². The van der Waals surface area contributed by atoms with Crippen molar-refractivity contribution in [1.29, 1.82) is 0 Å². The lowest BCUT2D eigenvalue weighted by molar-refractivity contribution is -0.384. The second-order valence-electron chi connectivity index (χ2n) is 6.56. The molecule has 2 aromatic carbocycles. The minimum absolute atomic E-state index is 0.0413. The van der Waals surface area contributed by atoms with Crippen molar-refractivity contribution in [3.05, 3.63) is 81.6 Å². The van der Waals surface area contributed by atoms with Crippen LogP contribution in [0.5, 0.6) is 5.75 Å². The fraction of sp³-hybridized carbons (Fsp3) is 0.150. The Bertz CT molecular complexity index is 1290. The number of anilines is 1. The quantitative estimate of drug-likeness (QED) is 0.340. The summed E-state index contributed by atoms with van der Waals surface area (Å²) >= 11 is 0. The summed E-state index contributed by atoms with van der Waals surface area (Å²) in [4.78, 5) is 34.8. The lowest BCUT2D eigenvalue weighted by Gasteiger charge is -2.09. The molecule has 2 heterocycles. The smallest absolute Gasteiger partial charge is 0.420 e. The highest BCUT2D eigenvalue weighted by molar-refractivity contribution is 5.91. The third-order valence-corrected chi connectivity index (χ3v) is 4.43. The number of nitro benzene ring substituents is 1. The third kappa shape index (κ3) is 4.61. The first-order chi connectivity index (χ1) is 15.0. The van der Waals surface area contributed by atoms with Crippen LogP contribution in [0, 0.1) is 10.1 Å². The van der Waals surface area contributed by atoms with E-state index >= 15 is 0 Å². The second-order valence-corrected chi connectivity index (χ2v) is 6.56. The first-order valence-electron chi connectivity index (χ1n) is 9.27. The number of amides is 1. The highest BCUT2D eigenvalue weighted by atomic mass is 16.6. The maximum atomic E-state index is 12.5. The molecule has 2 aromatic heterocycles. The number of nitrogens with one attached hydrogen (secondary N) is 1. The summed E-state index contributed by atoms with van der Waals surface area (Å²) in [7, 11) is 0. The maximum absolute atomic E-state index is 12.5. The molecule has 0 saturated heterocycles. The summed E-state index contributed by atoms with van der Waals surface area (Å²) in [6.45, 7) is 0.674. The summed E-state index contributed by atoms with van der Waals surface area (Å²) < 4.78 is 13.6. The average Bonchev–Trinajstić information content (AvgIpc) is 3.36. The molecule has 0 aliphatic heterocycles. The molecule has 0 aliphatic carbocycles. The normalized spacial score (nSPS) is 10.8. The molecule has 1 N–H and O–H groups in total. The molecule has 4 rings (SSSR count). The third-order valence-electron chi connectivity index (χ3n) is 4.43. The number of carbonyl (C=O) groups is 1. The van der Waals surface area contributed by atoms with E-state index < -0.39 is 16.6 Å². The molecular formula is C20H17N5O6. The van der Waals surface area contributed by atoms with Crippen molar-refractivity contribution in [2.75, 3.05) is 11.9 Å². The van der Waals surface area contributed by atoms with Gasteiger partial charge in [0.2, 0.25) is 5.91 Å². The van der Waals surface area contributed by atoms with E-state index in [-0.39, 0.29) is 17.8 Å². The van der Waals surface area contributed by atoms with Gasteiger partial charge in [0.05, 0.1) is 23.1 Å². The van der Waals surface area contributed by atoms with Gasteiger partial charge in [0, 0.05) is 30.2 Å². The van der Waals surface area contributed by atoms with Crippen LogP contribution in [0.15, 0.2) is 70.1 Å². The van der Waals surface area contributed by atoms with Crippen LogP contribution in [-0.2, 0) is 17.9 Å². The first kappa shape index (κ1) is 19.9. The van der Waals surface area contributed by atoms with Gasteiger partial charge in [0.15, 0.2) is 5.58 Å². The van der Waals surface area contributed by atoms with Crippen molar-refractivity contribution >= 4 is 28.4 Å². The molecule has 0 spiro atoms. The molecule has 0 atom stereocenters. The van der Waals surface area contributed by atoms with E-state index in [0.29, 0.717) is 30.1 Å². The molecule has 11 heteroatoms. The Morgan fingerprint density at radius 3 is 2.87 bits per heavy atom. The fourth-order valence-corrected chi connectivity index (χ4v) is 3.02. The van der Waals surface area contributed by atoms with E-state index in [1.54, 1.807) is 35.1 Å². The van der Waals surface area contributed by atoms with Crippen molar-refractivity contribution in [2.24, 2.45) is 0 Å². The van der Waals surface area contributed by atoms with Crippen LogP contribution < -0.4 is 15.8 Å². The van der Waals surface area contributed by atoms with E-state index in [1.807, 2.05) is 12.3 Å². The molecule has 0 bridgehead atoms. The van der Waals surface area contributed by atoms with Gasteiger partial charge in [-0.1, -0.05) is 6.07 Å². The number of benzene rings is 2. The second kappa shape index (κ2) is 8.53. The topological polar surface area (TPSA) is 134 Å². The van der Waals surface area contributed by atoms with Gasteiger partial charge in [-0.3, -0.25) is 24.2 Å². The fourth-order valence-electron chi connectivity index (χ4n) is 3.02. The number of fused-ring (bicyclic) bond motifs is 1. The number of nitrogens with zero attached hydrogens (tertiary/aromatic N) is 4. The summed E-state index contributed by atoms with van der Waals surface area (Å²) in [5, 5.41) is 17.7. The SMILES string of the molecule is O=C(Cn1c(=O)oc2cc([N+](=O)[O-])ccc21)Nc1cccc(OCCn2cccn2)c1. The zero-order chi connectivity index (χ0) is 21.8. The predicted molar refractivity (Wildman–Crippen MR) is 110 cm³/mol. The Hall–Kier alpha value is -4.41. The minimum atomic E-state index is -0.777. The van der Waals surface area contributed by atoms with Gasteiger partial charge in [-0.15, -0.1) is 0 Å². The molecular weight excluding hydrogens is 406 g/mol. The molecule has 31 heavy (non-hydrogen) atoms. The number of oxazole rings is 1. The number of aromatic nitrogens is 3. The van der Waals surface area contributed by atoms with Gasteiger partial charge < -0.3 is 14.5 Å². The largest absolute Gasteiger partial charge is 0.492 e. The molecule has 158 valence electrons. The lowest BCUT2D eigenvalue weighted by Crippen LogP contribution is -2.24. The molecule has 11 nitrogen and oxygen atoms in total. The molecule has 0 aliphatic rings. The van der Waals surface area contributed by atoms with Gasteiger partial charge in [-0.2, -0.15) is 5.10 Å². The van der Waals surface area contributed by atoms with Crippen molar-refractivity contribution in [1.82, 2.24) is 14.3 Å². The molecule has 0 unspecified atom stereocenters. The van der Waals surface area contributed by atoms with Crippen molar-refractivity contribution < 1.29 is 18.9 Å². The summed E-state index contributed by atoms with van der Waals surface area (Å²) in [5.74, 6) is -0.665. The van der Waals surface area contributed by atoms with Crippen molar-refractivity contribution in [2.45, 2.75) is 13.1 Å². The number of hydrogen-bond acceptors (Lipinski definition) is 7. The van der Waals surface area contributed by atoms with Crippen molar-refractivity contribution in [3.63, 3.8) is 0 Å². The lowest BCUT2D eigenvalue weighted by atomic mass is 10.3. The van der Waals surface area contributed by atoms with Crippen LogP contribution in [0.1, 0.15) is 0 Å². The summed E-state index contributed by atoms with van der Waals surface area (Å²) in [5.41, 5.74) is 0.626. The molecule has 4 aromatic rings. The maximum Gasteiger partial charge on any atom is 0.420 e. The zero-order valence-corrected chi connectivity index (χ0v) is 16.1. The van der Waals surface area contributed by atoms with Crippen LogP contribution in [0.4, 0.5) is 11.4 Å². The predicted octanol–water partition coefficient (Wildman–Crippen LogP) is 2.42. The number of hydrogen-bond donors (Lipinski definition) is 1. The van der Waals surface area contributed by atoms with Crippen LogP contribution in [-0.4, -0.2) is 31.8 Å². The van der Waals surface area contributed by atoms with E-state index in [9.17, 15) is 19.7 Å². The first-order valence-corrected chi connectivity index (χ1v) is 9.27. The molecule has 1 amide bonds. The summed E-state index contributed by atoms with van der Waals surface area (Å²) in [6, 6.07) is 12.5. The van der Waals surface area contributed by atoms with Gasteiger partial charge in [0.25, 0.3) is 5.69 Å². The van der Waals surface area contributed by atoms with E-state index in [4.69, 9.17) is 9.15 Å².